The minimum absolute atomic E-state index is 0.569. The van der Waals surface area contributed by atoms with Gasteiger partial charge < -0.3 is 14.8 Å². The molecule has 0 unspecified atom stereocenters. The molecule has 2 aromatic heterocycles. The van der Waals surface area contributed by atoms with Crippen molar-refractivity contribution < 1.29 is 9.47 Å². The molecule has 2 aromatic carbocycles. The van der Waals surface area contributed by atoms with Gasteiger partial charge in [-0.25, -0.2) is 9.97 Å². The number of anilines is 2. The second-order valence-corrected chi connectivity index (χ2v) is 7.99. The monoisotopic (exact) mass is 469 g/mol. The Balaban J connectivity index is 1.74. The highest BCUT2D eigenvalue weighted by atomic mass is 79.9. The number of hydrogen-bond acceptors (Lipinski definition) is 6. The van der Waals surface area contributed by atoms with Gasteiger partial charge in [0, 0.05) is 27.2 Å². The molecule has 0 bridgehead atoms. The maximum Gasteiger partial charge on any atom is 0.163 e. The number of aromatic nitrogens is 2. The van der Waals surface area contributed by atoms with Crippen LogP contribution in [-0.2, 0) is 0 Å². The van der Waals surface area contributed by atoms with Crippen LogP contribution in [0.15, 0.2) is 58.6 Å². The largest absolute Gasteiger partial charge is 0.490 e. The van der Waals surface area contributed by atoms with E-state index >= 15 is 0 Å². The van der Waals surface area contributed by atoms with Crippen molar-refractivity contribution in [2.24, 2.45) is 0 Å². The fraction of sp³-hybridized carbons (Fsp3) is 0.182. The fourth-order valence-corrected chi connectivity index (χ4v) is 4.26. The minimum atomic E-state index is 0.569. The number of hydrogen-bond donors (Lipinski definition) is 1. The molecule has 0 amide bonds. The molecule has 0 aliphatic rings. The van der Waals surface area contributed by atoms with Gasteiger partial charge in [0.25, 0.3) is 0 Å². The first-order chi connectivity index (χ1) is 14.2. The zero-order valence-corrected chi connectivity index (χ0v) is 18.5. The van der Waals surface area contributed by atoms with E-state index in [4.69, 9.17) is 9.47 Å². The predicted molar refractivity (Wildman–Crippen MR) is 123 cm³/mol. The van der Waals surface area contributed by atoms with E-state index in [9.17, 15) is 0 Å². The van der Waals surface area contributed by atoms with Crippen LogP contribution < -0.4 is 14.8 Å². The standard InChI is InChI=1S/C22H20BrN3O2S/c1-3-27-18-10-9-16(11-19(18)28-4-2)26-21-20-17(12-29-22(20)25-13-24-21)14-5-7-15(23)8-6-14/h5-13H,3-4H2,1-2H3,(H,24,25,26). The first-order valence-electron chi connectivity index (χ1n) is 9.34. The summed E-state index contributed by atoms with van der Waals surface area (Å²) in [6.07, 6.45) is 1.59. The summed E-state index contributed by atoms with van der Waals surface area (Å²) >= 11 is 5.11. The number of benzene rings is 2. The van der Waals surface area contributed by atoms with Gasteiger partial charge in [-0.3, -0.25) is 0 Å². The zero-order valence-electron chi connectivity index (χ0n) is 16.1. The van der Waals surface area contributed by atoms with Crippen molar-refractivity contribution >= 4 is 49.0 Å². The van der Waals surface area contributed by atoms with Crippen molar-refractivity contribution in [1.82, 2.24) is 9.97 Å². The number of rotatable bonds is 7. The maximum absolute atomic E-state index is 5.74. The van der Waals surface area contributed by atoms with Gasteiger partial charge in [0.15, 0.2) is 11.5 Å². The topological polar surface area (TPSA) is 56.3 Å². The Kier molecular flexibility index (Phi) is 5.97. The van der Waals surface area contributed by atoms with Gasteiger partial charge in [0.2, 0.25) is 0 Å². The quantitative estimate of drug-likeness (QED) is 0.327. The van der Waals surface area contributed by atoms with Crippen LogP contribution >= 0.6 is 27.3 Å². The third-order valence-corrected chi connectivity index (χ3v) is 5.75. The second kappa shape index (κ2) is 8.80. The molecule has 29 heavy (non-hydrogen) atoms. The van der Waals surface area contributed by atoms with Gasteiger partial charge in [0.1, 0.15) is 17.0 Å². The number of halogens is 1. The first-order valence-corrected chi connectivity index (χ1v) is 11.0. The maximum atomic E-state index is 5.74. The molecule has 5 nitrogen and oxygen atoms in total. The van der Waals surface area contributed by atoms with Crippen LogP contribution in [-0.4, -0.2) is 23.2 Å². The Morgan fingerprint density at radius 3 is 2.48 bits per heavy atom. The average Bonchev–Trinajstić information content (AvgIpc) is 3.16. The van der Waals surface area contributed by atoms with Crippen LogP contribution in [0.3, 0.4) is 0 Å². The summed E-state index contributed by atoms with van der Waals surface area (Å²) in [5.74, 6) is 2.21. The molecule has 0 fully saturated rings. The van der Waals surface area contributed by atoms with E-state index in [1.54, 1.807) is 17.7 Å². The minimum Gasteiger partial charge on any atom is -0.490 e. The first kappa shape index (κ1) is 19.7. The fourth-order valence-electron chi connectivity index (χ4n) is 3.08. The molecule has 0 aliphatic heterocycles. The molecule has 0 spiro atoms. The van der Waals surface area contributed by atoms with Crippen LogP contribution in [0.4, 0.5) is 11.5 Å². The molecule has 7 heteroatoms. The van der Waals surface area contributed by atoms with Crippen LogP contribution in [0.2, 0.25) is 0 Å². The van der Waals surface area contributed by atoms with Gasteiger partial charge >= 0.3 is 0 Å². The summed E-state index contributed by atoms with van der Waals surface area (Å²) < 4.78 is 12.5. The molecular formula is C22H20BrN3O2S. The summed E-state index contributed by atoms with van der Waals surface area (Å²) in [7, 11) is 0. The van der Waals surface area contributed by atoms with Crippen molar-refractivity contribution in [2.45, 2.75) is 13.8 Å². The van der Waals surface area contributed by atoms with E-state index in [1.807, 2.05) is 44.2 Å². The van der Waals surface area contributed by atoms with Gasteiger partial charge in [-0.05, 0) is 43.7 Å². The van der Waals surface area contributed by atoms with E-state index in [-0.39, 0.29) is 0 Å². The highest BCUT2D eigenvalue weighted by Gasteiger charge is 2.14. The van der Waals surface area contributed by atoms with Gasteiger partial charge in [-0.15, -0.1) is 11.3 Å². The summed E-state index contributed by atoms with van der Waals surface area (Å²) in [6.45, 7) is 5.07. The van der Waals surface area contributed by atoms with Gasteiger partial charge in [-0.1, -0.05) is 28.1 Å². The molecule has 0 atom stereocenters. The lowest BCUT2D eigenvalue weighted by atomic mass is 10.1. The summed E-state index contributed by atoms with van der Waals surface area (Å²) in [6, 6.07) is 14.1. The normalized spacial score (nSPS) is 10.9. The van der Waals surface area contributed by atoms with Crippen molar-refractivity contribution in [3.63, 3.8) is 0 Å². The third kappa shape index (κ3) is 4.21. The molecule has 0 aliphatic carbocycles. The van der Waals surface area contributed by atoms with E-state index in [0.717, 1.165) is 43.1 Å². The van der Waals surface area contributed by atoms with Crippen LogP contribution in [0, 0.1) is 0 Å². The molecule has 4 rings (SSSR count). The molecule has 0 saturated heterocycles. The number of nitrogens with zero attached hydrogens (tertiary/aromatic N) is 2. The Hall–Kier alpha value is -2.64. The second-order valence-electron chi connectivity index (χ2n) is 6.21. The highest BCUT2D eigenvalue weighted by Crippen LogP contribution is 2.39. The van der Waals surface area contributed by atoms with Crippen molar-refractivity contribution in [3.05, 3.63) is 58.6 Å². The van der Waals surface area contributed by atoms with Crippen LogP contribution in [0.1, 0.15) is 13.8 Å². The Morgan fingerprint density at radius 1 is 0.966 bits per heavy atom. The predicted octanol–water partition coefficient (Wildman–Crippen LogP) is 6.66. The number of ether oxygens (including phenoxy) is 2. The van der Waals surface area contributed by atoms with Gasteiger partial charge in [0.05, 0.1) is 18.6 Å². The lowest BCUT2D eigenvalue weighted by Crippen LogP contribution is -2.00. The zero-order chi connectivity index (χ0) is 20.2. The summed E-state index contributed by atoms with van der Waals surface area (Å²) in [5.41, 5.74) is 3.11. The average molecular weight is 470 g/mol. The number of fused-ring (bicyclic) bond motifs is 1. The Morgan fingerprint density at radius 2 is 1.72 bits per heavy atom. The van der Waals surface area contributed by atoms with Gasteiger partial charge in [-0.2, -0.15) is 0 Å². The molecular weight excluding hydrogens is 450 g/mol. The summed E-state index contributed by atoms with van der Waals surface area (Å²) in [5, 5.41) is 6.56. The van der Waals surface area contributed by atoms with E-state index in [0.29, 0.717) is 19.0 Å². The van der Waals surface area contributed by atoms with Crippen molar-refractivity contribution in [3.8, 4) is 22.6 Å². The molecule has 1 N–H and O–H groups in total. The Labute approximate surface area is 181 Å². The number of thiophene rings is 1. The van der Waals surface area contributed by atoms with Crippen LogP contribution in [0.25, 0.3) is 21.3 Å². The SMILES string of the molecule is CCOc1ccc(Nc2ncnc3scc(-c4ccc(Br)cc4)c23)cc1OCC. The Bertz CT molecular complexity index is 1130. The smallest absolute Gasteiger partial charge is 0.163 e. The van der Waals surface area contributed by atoms with E-state index < -0.39 is 0 Å². The van der Waals surface area contributed by atoms with Crippen molar-refractivity contribution in [1.29, 1.82) is 0 Å². The van der Waals surface area contributed by atoms with Crippen LogP contribution in [0.5, 0.6) is 11.5 Å². The van der Waals surface area contributed by atoms with E-state index in [1.165, 1.54) is 0 Å². The summed E-state index contributed by atoms with van der Waals surface area (Å²) in [4.78, 5) is 9.90. The molecule has 2 heterocycles. The lowest BCUT2D eigenvalue weighted by Gasteiger charge is -2.14. The lowest BCUT2D eigenvalue weighted by molar-refractivity contribution is 0.288. The molecule has 0 saturated carbocycles. The molecule has 148 valence electrons. The number of nitrogens with one attached hydrogen (secondary N) is 1. The van der Waals surface area contributed by atoms with E-state index in [2.05, 4.69) is 48.7 Å². The van der Waals surface area contributed by atoms with Crippen molar-refractivity contribution in [2.75, 3.05) is 18.5 Å². The third-order valence-electron chi connectivity index (χ3n) is 4.33. The highest BCUT2D eigenvalue weighted by molar-refractivity contribution is 9.10. The molecule has 0 radical (unpaired) electrons. The molecule has 4 aromatic rings.